The summed E-state index contributed by atoms with van der Waals surface area (Å²) in [5, 5.41) is 3.59. The van der Waals surface area contributed by atoms with Crippen LogP contribution in [0.1, 0.15) is 15.9 Å². The van der Waals surface area contributed by atoms with Crippen molar-refractivity contribution in [3.63, 3.8) is 0 Å². The van der Waals surface area contributed by atoms with Crippen LogP contribution in [-0.4, -0.2) is 17.4 Å². The van der Waals surface area contributed by atoms with Gasteiger partial charge in [0.15, 0.2) is 0 Å². The summed E-state index contributed by atoms with van der Waals surface area (Å²) in [5.74, 6) is -0.108. The standard InChI is InChI=1S/C26H21ClN2O/c27-25-11-10-23(26(30)29-17-14-19-12-15-28-16-13-19)18-24(25)22-8-6-21(7-9-22)20-4-2-1-3-5-20/h1-13,15-16,18H,14,17H2,(H,29,30). The highest BCUT2D eigenvalue weighted by molar-refractivity contribution is 6.33. The van der Waals surface area contributed by atoms with Crippen molar-refractivity contribution in [2.75, 3.05) is 6.54 Å². The number of rotatable bonds is 6. The normalized spacial score (nSPS) is 10.6. The first-order chi connectivity index (χ1) is 14.7. The Morgan fingerprint density at radius 3 is 2.20 bits per heavy atom. The maximum Gasteiger partial charge on any atom is 0.251 e. The van der Waals surface area contributed by atoms with Crippen LogP contribution in [0, 0.1) is 0 Å². The number of carbonyl (C=O) groups is 1. The van der Waals surface area contributed by atoms with Gasteiger partial charge in [0.25, 0.3) is 5.91 Å². The zero-order chi connectivity index (χ0) is 20.8. The molecule has 0 saturated heterocycles. The van der Waals surface area contributed by atoms with Crippen molar-refractivity contribution in [2.24, 2.45) is 0 Å². The third-order valence-electron chi connectivity index (χ3n) is 4.98. The zero-order valence-corrected chi connectivity index (χ0v) is 17.1. The van der Waals surface area contributed by atoms with E-state index in [1.165, 1.54) is 0 Å². The van der Waals surface area contributed by atoms with Gasteiger partial charge >= 0.3 is 0 Å². The molecular weight excluding hydrogens is 392 g/mol. The van der Waals surface area contributed by atoms with Crippen LogP contribution >= 0.6 is 11.6 Å². The SMILES string of the molecule is O=C(NCCc1ccncc1)c1ccc(Cl)c(-c2ccc(-c3ccccc3)cc2)c1. The molecule has 0 spiro atoms. The van der Waals surface area contributed by atoms with Crippen LogP contribution in [-0.2, 0) is 6.42 Å². The third-order valence-corrected chi connectivity index (χ3v) is 5.31. The Bertz CT molecular complexity index is 1130. The molecular formula is C26H21ClN2O. The molecule has 0 aliphatic heterocycles. The number of nitrogens with one attached hydrogen (secondary N) is 1. The van der Waals surface area contributed by atoms with Crippen molar-refractivity contribution in [3.8, 4) is 22.3 Å². The molecule has 0 atom stereocenters. The second-order valence-electron chi connectivity index (χ2n) is 7.00. The molecule has 30 heavy (non-hydrogen) atoms. The minimum absolute atomic E-state index is 0.108. The summed E-state index contributed by atoms with van der Waals surface area (Å²) in [5.41, 5.74) is 5.86. The average Bonchev–Trinajstić information content (AvgIpc) is 2.81. The van der Waals surface area contributed by atoms with Gasteiger partial charge in [-0.2, -0.15) is 0 Å². The van der Waals surface area contributed by atoms with Crippen molar-refractivity contribution in [3.05, 3.63) is 113 Å². The van der Waals surface area contributed by atoms with Crippen molar-refractivity contribution in [1.29, 1.82) is 0 Å². The van der Waals surface area contributed by atoms with Crippen LogP contribution in [0.3, 0.4) is 0 Å². The maximum absolute atomic E-state index is 12.6. The molecule has 0 saturated carbocycles. The lowest BCUT2D eigenvalue weighted by Gasteiger charge is -2.10. The Labute approximate surface area is 181 Å². The van der Waals surface area contributed by atoms with E-state index in [2.05, 4.69) is 34.6 Å². The molecule has 0 bridgehead atoms. The number of aromatic nitrogens is 1. The molecule has 1 amide bonds. The van der Waals surface area contributed by atoms with Crippen LogP contribution in [0.5, 0.6) is 0 Å². The van der Waals surface area contributed by atoms with E-state index in [4.69, 9.17) is 11.6 Å². The molecule has 0 radical (unpaired) electrons. The average molecular weight is 413 g/mol. The topological polar surface area (TPSA) is 42.0 Å². The van der Waals surface area contributed by atoms with Gasteiger partial charge in [-0.05, 0) is 59.0 Å². The number of hydrogen-bond donors (Lipinski definition) is 1. The van der Waals surface area contributed by atoms with Gasteiger partial charge < -0.3 is 5.32 Å². The van der Waals surface area contributed by atoms with E-state index in [0.717, 1.165) is 34.2 Å². The minimum Gasteiger partial charge on any atom is -0.352 e. The van der Waals surface area contributed by atoms with Crippen molar-refractivity contribution < 1.29 is 4.79 Å². The van der Waals surface area contributed by atoms with E-state index in [1.54, 1.807) is 24.5 Å². The smallest absolute Gasteiger partial charge is 0.251 e. The largest absolute Gasteiger partial charge is 0.352 e. The molecule has 1 N–H and O–H groups in total. The van der Waals surface area contributed by atoms with Gasteiger partial charge in [-0.15, -0.1) is 0 Å². The number of carbonyl (C=O) groups excluding carboxylic acids is 1. The van der Waals surface area contributed by atoms with E-state index in [1.807, 2.05) is 48.5 Å². The predicted octanol–water partition coefficient (Wildman–Crippen LogP) is 6.04. The molecule has 0 aliphatic carbocycles. The molecule has 0 fully saturated rings. The van der Waals surface area contributed by atoms with E-state index in [9.17, 15) is 4.79 Å². The van der Waals surface area contributed by atoms with Gasteiger partial charge in [-0.1, -0.05) is 66.2 Å². The Kier molecular flexibility index (Phi) is 6.21. The molecule has 1 aromatic heterocycles. The van der Waals surface area contributed by atoms with Crippen molar-refractivity contribution in [1.82, 2.24) is 10.3 Å². The Hall–Kier alpha value is -3.43. The maximum atomic E-state index is 12.6. The van der Waals surface area contributed by atoms with E-state index in [0.29, 0.717) is 17.1 Å². The van der Waals surface area contributed by atoms with Gasteiger partial charge in [0, 0.05) is 35.1 Å². The lowest BCUT2D eigenvalue weighted by molar-refractivity contribution is 0.0954. The summed E-state index contributed by atoms with van der Waals surface area (Å²) < 4.78 is 0. The van der Waals surface area contributed by atoms with Crippen LogP contribution in [0.4, 0.5) is 0 Å². The molecule has 0 aliphatic rings. The first-order valence-electron chi connectivity index (χ1n) is 9.83. The fourth-order valence-electron chi connectivity index (χ4n) is 3.33. The molecule has 3 nitrogen and oxygen atoms in total. The monoisotopic (exact) mass is 412 g/mol. The first-order valence-corrected chi connectivity index (χ1v) is 10.2. The molecule has 0 unspecified atom stereocenters. The highest BCUT2D eigenvalue weighted by atomic mass is 35.5. The van der Waals surface area contributed by atoms with Crippen molar-refractivity contribution >= 4 is 17.5 Å². The number of halogens is 1. The summed E-state index contributed by atoms with van der Waals surface area (Å²) in [6.45, 7) is 0.562. The molecule has 1 heterocycles. The Morgan fingerprint density at radius 2 is 1.47 bits per heavy atom. The lowest BCUT2D eigenvalue weighted by atomic mass is 9.99. The first kappa shape index (κ1) is 19.9. The summed E-state index contributed by atoms with van der Waals surface area (Å²) >= 11 is 6.44. The van der Waals surface area contributed by atoms with E-state index < -0.39 is 0 Å². The number of amides is 1. The summed E-state index contributed by atoms with van der Waals surface area (Å²) in [6, 6.07) is 27.7. The zero-order valence-electron chi connectivity index (χ0n) is 16.4. The number of pyridine rings is 1. The van der Waals surface area contributed by atoms with Gasteiger partial charge in [-0.25, -0.2) is 0 Å². The highest BCUT2D eigenvalue weighted by Gasteiger charge is 2.10. The van der Waals surface area contributed by atoms with E-state index >= 15 is 0 Å². The van der Waals surface area contributed by atoms with Gasteiger partial charge in [0.05, 0.1) is 0 Å². The number of benzene rings is 3. The van der Waals surface area contributed by atoms with E-state index in [-0.39, 0.29) is 5.91 Å². The van der Waals surface area contributed by atoms with Gasteiger partial charge in [0.1, 0.15) is 0 Å². The van der Waals surface area contributed by atoms with Crippen LogP contribution in [0.25, 0.3) is 22.3 Å². The highest BCUT2D eigenvalue weighted by Crippen LogP contribution is 2.31. The Morgan fingerprint density at radius 1 is 0.800 bits per heavy atom. The van der Waals surface area contributed by atoms with Gasteiger partial charge in [0.2, 0.25) is 0 Å². The predicted molar refractivity (Wildman–Crippen MR) is 123 cm³/mol. The molecule has 4 heteroatoms. The second kappa shape index (κ2) is 9.38. The molecule has 4 rings (SSSR count). The lowest BCUT2D eigenvalue weighted by Crippen LogP contribution is -2.25. The Balaban J connectivity index is 1.48. The summed E-state index contributed by atoms with van der Waals surface area (Å²) in [4.78, 5) is 16.6. The molecule has 3 aromatic carbocycles. The summed E-state index contributed by atoms with van der Waals surface area (Å²) in [6.07, 6.45) is 4.27. The third kappa shape index (κ3) is 4.76. The quantitative estimate of drug-likeness (QED) is 0.419. The summed E-state index contributed by atoms with van der Waals surface area (Å²) in [7, 11) is 0. The number of hydrogen-bond acceptors (Lipinski definition) is 2. The van der Waals surface area contributed by atoms with Crippen LogP contribution in [0.15, 0.2) is 97.3 Å². The van der Waals surface area contributed by atoms with Crippen molar-refractivity contribution in [2.45, 2.75) is 6.42 Å². The molecule has 4 aromatic rings. The molecule has 148 valence electrons. The second-order valence-corrected chi connectivity index (χ2v) is 7.41. The minimum atomic E-state index is -0.108. The van der Waals surface area contributed by atoms with Crippen LogP contribution < -0.4 is 5.32 Å². The fourth-order valence-corrected chi connectivity index (χ4v) is 3.56. The van der Waals surface area contributed by atoms with Crippen LogP contribution in [0.2, 0.25) is 5.02 Å². The fraction of sp³-hybridized carbons (Fsp3) is 0.0769. The number of nitrogens with zero attached hydrogens (tertiary/aromatic N) is 1. The van der Waals surface area contributed by atoms with Gasteiger partial charge in [-0.3, -0.25) is 9.78 Å².